The van der Waals surface area contributed by atoms with Gasteiger partial charge < -0.3 is 13.6 Å². The van der Waals surface area contributed by atoms with Crippen molar-refractivity contribution in [1.29, 1.82) is 10.5 Å². The molecule has 52 heavy (non-hydrogen) atoms. The van der Waals surface area contributed by atoms with Crippen LogP contribution in [-0.4, -0.2) is 9.13 Å². The summed E-state index contributed by atoms with van der Waals surface area (Å²) in [4.78, 5) is 0. The highest BCUT2D eigenvalue weighted by Gasteiger charge is 2.36. The third-order valence-electron chi connectivity index (χ3n) is 11.4. The van der Waals surface area contributed by atoms with E-state index in [9.17, 15) is 10.5 Å². The van der Waals surface area contributed by atoms with Crippen molar-refractivity contribution in [2.24, 2.45) is 0 Å². The van der Waals surface area contributed by atoms with Gasteiger partial charge in [0.05, 0.1) is 45.3 Å². The second-order valence-corrected chi connectivity index (χ2v) is 14.4. The van der Waals surface area contributed by atoms with Crippen LogP contribution in [0.2, 0.25) is 0 Å². The van der Waals surface area contributed by atoms with Crippen LogP contribution < -0.4 is 0 Å². The van der Waals surface area contributed by atoms with Crippen LogP contribution in [0.25, 0.3) is 88.1 Å². The third kappa shape index (κ3) is 3.69. The number of aromatic nitrogens is 2. The monoisotopic (exact) mass is 664 g/mol. The van der Waals surface area contributed by atoms with Gasteiger partial charge in [0.1, 0.15) is 11.2 Å². The van der Waals surface area contributed by atoms with Crippen molar-refractivity contribution in [3.05, 3.63) is 156 Å². The topological polar surface area (TPSA) is 70.6 Å². The normalized spacial score (nSPS) is 13.3. The molecule has 10 aromatic rings. The van der Waals surface area contributed by atoms with E-state index in [1.165, 1.54) is 44.1 Å². The summed E-state index contributed by atoms with van der Waals surface area (Å²) in [6.07, 6.45) is 0. The molecule has 0 aliphatic heterocycles. The summed E-state index contributed by atoms with van der Waals surface area (Å²) < 4.78 is 11.1. The van der Waals surface area contributed by atoms with E-state index in [-0.39, 0.29) is 5.41 Å². The van der Waals surface area contributed by atoms with Crippen LogP contribution in [0.4, 0.5) is 0 Å². The largest absolute Gasteiger partial charge is 0.456 e. The molecule has 3 heterocycles. The Bertz CT molecular complexity index is 3230. The fraction of sp³-hybridized carbons (Fsp3) is 0.0638. The summed E-state index contributed by atoms with van der Waals surface area (Å²) >= 11 is 0. The van der Waals surface area contributed by atoms with Crippen LogP contribution in [-0.2, 0) is 5.41 Å². The molecule has 0 saturated carbocycles. The van der Waals surface area contributed by atoms with Crippen molar-refractivity contribution in [3.63, 3.8) is 0 Å². The number of para-hydroxylation sites is 1. The van der Waals surface area contributed by atoms with E-state index < -0.39 is 0 Å². The van der Waals surface area contributed by atoms with E-state index in [1.807, 2.05) is 42.5 Å². The van der Waals surface area contributed by atoms with Gasteiger partial charge >= 0.3 is 0 Å². The highest BCUT2D eigenvalue weighted by atomic mass is 16.3. The minimum Gasteiger partial charge on any atom is -0.456 e. The number of nitriles is 2. The molecule has 0 unspecified atom stereocenters. The number of rotatable bonds is 2. The van der Waals surface area contributed by atoms with Crippen LogP contribution >= 0.6 is 0 Å². The molecule has 0 spiro atoms. The molecule has 0 bridgehead atoms. The Kier molecular flexibility index (Phi) is 5.53. The second kappa shape index (κ2) is 10.0. The first-order chi connectivity index (χ1) is 25.4. The van der Waals surface area contributed by atoms with E-state index in [4.69, 9.17) is 4.42 Å². The average molecular weight is 665 g/mol. The molecule has 1 aliphatic rings. The zero-order chi connectivity index (χ0) is 34.9. The van der Waals surface area contributed by atoms with Gasteiger partial charge in [0.25, 0.3) is 0 Å². The Labute approximate surface area is 298 Å². The molecule has 3 aromatic heterocycles. The first-order valence-electron chi connectivity index (χ1n) is 17.5. The predicted molar refractivity (Wildman–Crippen MR) is 209 cm³/mol. The number of furan rings is 1. The number of fused-ring (bicyclic) bond motifs is 12. The van der Waals surface area contributed by atoms with Crippen molar-refractivity contribution >= 4 is 65.6 Å². The van der Waals surface area contributed by atoms with Gasteiger partial charge in [-0.3, -0.25) is 0 Å². The van der Waals surface area contributed by atoms with E-state index in [0.717, 1.165) is 55.1 Å². The van der Waals surface area contributed by atoms with Gasteiger partial charge in [-0.1, -0.05) is 56.3 Å². The molecule has 1 aliphatic carbocycles. The lowest BCUT2D eigenvalue weighted by Gasteiger charge is -2.21. The number of hydrogen-bond donors (Lipinski definition) is 0. The predicted octanol–water partition coefficient (Wildman–Crippen LogP) is 11.8. The summed E-state index contributed by atoms with van der Waals surface area (Å²) in [6.45, 7) is 4.67. The molecule has 5 nitrogen and oxygen atoms in total. The zero-order valence-corrected chi connectivity index (χ0v) is 28.4. The maximum absolute atomic E-state index is 9.68. The lowest BCUT2D eigenvalue weighted by Crippen LogP contribution is -2.14. The number of nitrogens with zero attached hydrogens (tertiary/aromatic N) is 4. The maximum atomic E-state index is 9.68. The molecule has 11 rings (SSSR count). The minimum absolute atomic E-state index is 0.109. The molecule has 0 atom stereocenters. The van der Waals surface area contributed by atoms with E-state index in [2.05, 4.69) is 126 Å². The summed E-state index contributed by atoms with van der Waals surface area (Å²) in [5.41, 5.74) is 14.4. The van der Waals surface area contributed by atoms with Gasteiger partial charge in [0.2, 0.25) is 0 Å². The maximum Gasteiger partial charge on any atom is 0.135 e. The first kappa shape index (κ1) is 28.7. The average Bonchev–Trinajstić information content (AvgIpc) is 3.88. The first-order valence-corrected chi connectivity index (χ1v) is 17.5. The van der Waals surface area contributed by atoms with Gasteiger partial charge in [-0.05, 0) is 113 Å². The smallest absolute Gasteiger partial charge is 0.135 e. The van der Waals surface area contributed by atoms with E-state index in [0.29, 0.717) is 11.1 Å². The highest BCUT2D eigenvalue weighted by molar-refractivity contribution is 6.14. The fourth-order valence-corrected chi connectivity index (χ4v) is 8.91. The lowest BCUT2D eigenvalue weighted by molar-refractivity contribution is 0.661. The van der Waals surface area contributed by atoms with Crippen molar-refractivity contribution in [1.82, 2.24) is 9.13 Å². The van der Waals surface area contributed by atoms with E-state index >= 15 is 0 Å². The standard InChI is InChI=1S/C47H28N4O/c1-47(2)39-9-5-3-7-31(39)33-23-36-32-8-4-6-10-41(32)51(44(36)24-40(33)47)30-14-18-46-38(22-30)37-21-29(13-17-45(37)52-46)50-42-15-11-27(25-48)19-34(42)35-20-28(26-49)12-16-43(35)50/h3-24H,1-2H3. The Morgan fingerprint density at radius 2 is 1.02 bits per heavy atom. The summed E-state index contributed by atoms with van der Waals surface area (Å²) in [6, 6.07) is 51.2. The Morgan fingerprint density at radius 3 is 1.67 bits per heavy atom. The molecule has 0 amide bonds. The SMILES string of the molecule is CC1(C)c2ccccc2-c2cc3c4ccccc4n(-c4ccc5oc6ccc(-n7c8ccc(C#N)cc8c8cc(C#N)ccc87)cc6c5c4)c3cc21. The highest BCUT2D eigenvalue weighted by Crippen LogP contribution is 2.51. The van der Waals surface area contributed by atoms with Crippen LogP contribution in [0.1, 0.15) is 36.1 Å². The fourth-order valence-electron chi connectivity index (χ4n) is 8.91. The summed E-state index contributed by atoms with van der Waals surface area (Å²) in [7, 11) is 0. The Hall–Kier alpha value is -7.08. The quantitative estimate of drug-likeness (QED) is 0.185. The van der Waals surface area contributed by atoms with Gasteiger partial charge in [0.15, 0.2) is 0 Å². The molecule has 0 saturated heterocycles. The van der Waals surface area contributed by atoms with Gasteiger partial charge in [0, 0.05) is 49.1 Å². The molecular formula is C47H28N4O. The van der Waals surface area contributed by atoms with Gasteiger partial charge in [-0.2, -0.15) is 10.5 Å². The minimum atomic E-state index is -0.109. The molecule has 7 aromatic carbocycles. The van der Waals surface area contributed by atoms with Crippen molar-refractivity contribution in [2.45, 2.75) is 19.3 Å². The molecule has 0 N–H and O–H groups in total. The molecule has 242 valence electrons. The molecular weight excluding hydrogens is 637 g/mol. The van der Waals surface area contributed by atoms with E-state index in [1.54, 1.807) is 0 Å². The Balaban J connectivity index is 1.15. The number of benzene rings is 7. The lowest BCUT2D eigenvalue weighted by atomic mass is 9.82. The van der Waals surface area contributed by atoms with Gasteiger partial charge in [-0.15, -0.1) is 0 Å². The van der Waals surface area contributed by atoms with Crippen LogP contribution in [0.3, 0.4) is 0 Å². The van der Waals surface area contributed by atoms with Crippen molar-refractivity contribution < 1.29 is 4.42 Å². The zero-order valence-electron chi connectivity index (χ0n) is 28.4. The second-order valence-electron chi connectivity index (χ2n) is 14.4. The Morgan fingerprint density at radius 1 is 0.462 bits per heavy atom. The molecule has 0 radical (unpaired) electrons. The summed E-state index contributed by atoms with van der Waals surface area (Å²) in [5.74, 6) is 0. The van der Waals surface area contributed by atoms with Crippen molar-refractivity contribution in [3.8, 4) is 34.6 Å². The molecule has 0 fully saturated rings. The summed E-state index contributed by atoms with van der Waals surface area (Å²) in [5, 5.41) is 25.8. The molecule has 5 heteroatoms. The van der Waals surface area contributed by atoms with Crippen molar-refractivity contribution in [2.75, 3.05) is 0 Å². The van der Waals surface area contributed by atoms with Crippen LogP contribution in [0.5, 0.6) is 0 Å². The van der Waals surface area contributed by atoms with Crippen LogP contribution in [0, 0.1) is 22.7 Å². The number of hydrogen-bond acceptors (Lipinski definition) is 3. The van der Waals surface area contributed by atoms with Gasteiger partial charge in [-0.25, -0.2) is 0 Å². The third-order valence-corrected chi connectivity index (χ3v) is 11.4. The van der Waals surface area contributed by atoms with Crippen LogP contribution in [0.15, 0.2) is 138 Å².